The van der Waals surface area contributed by atoms with Gasteiger partial charge in [0.25, 0.3) is 0 Å². The minimum Gasteiger partial charge on any atom is -0.473 e. The first kappa shape index (κ1) is 23.5. The third-order valence-electron chi connectivity index (χ3n) is 6.25. The van der Waals surface area contributed by atoms with Crippen LogP contribution in [0.2, 0.25) is 0 Å². The summed E-state index contributed by atoms with van der Waals surface area (Å²) in [5.41, 5.74) is 1.53. The van der Waals surface area contributed by atoms with Crippen LogP contribution in [-0.2, 0) is 16.0 Å². The van der Waals surface area contributed by atoms with Crippen molar-refractivity contribution in [3.05, 3.63) is 35.9 Å². The molecule has 2 aliphatic heterocycles. The Hall–Kier alpha value is -1.18. The van der Waals surface area contributed by atoms with Crippen LogP contribution in [0.1, 0.15) is 50.5 Å². The second kappa shape index (κ2) is 11.4. The summed E-state index contributed by atoms with van der Waals surface area (Å²) in [5, 5.41) is 15.7. The number of benzene rings is 1. The lowest BCUT2D eigenvalue weighted by atomic mass is 9.90. The van der Waals surface area contributed by atoms with E-state index in [0.717, 1.165) is 11.2 Å². The third kappa shape index (κ3) is 7.20. The molecule has 0 amide bonds. The Morgan fingerprint density at radius 1 is 1.00 bits per heavy atom. The second-order valence-electron chi connectivity index (χ2n) is 8.57. The minimum absolute atomic E-state index is 0.620. The molecule has 1 atom stereocenters. The molecule has 1 aromatic rings. The first-order chi connectivity index (χ1) is 14.5. The number of hydrogen-bond donors (Lipinski definition) is 2. The zero-order chi connectivity index (χ0) is 21.4. The highest BCUT2D eigenvalue weighted by atomic mass is 32.2. The van der Waals surface area contributed by atoms with Crippen molar-refractivity contribution in [2.45, 2.75) is 60.7 Å². The maximum atomic E-state index is 9.10. The number of aliphatic carboxylic acids is 2. The summed E-state index contributed by atoms with van der Waals surface area (Å²) in [4.78, 5) is 21.0. The average molecular weight is 452 g/mol. The molecule has 0 aromatic heterocycles. The maximum absolute atomic E-state index is 9.10. The molecule has 4 rings (SSSR count). The highest BCUT2D eigenvalue weighted by molar-refractivity contribution is 8.21. The van der Waals surface area contributed by atoms with E-state index in [1.165, 1.54) is 82.3 Å². The molecule has 30 heavy (non-hydrogen) atoms. The van der Waals surface area contributed by atoms with Crippen LogP contribution < -0.4 is 0 Å². The number of piperidine rings is 1. The molecule has 1 unspecified atom stereocenters. The summed E-state index contributed by atoms with van der Waals surface area (Å²) in [6.45, 7) is 4.00. The Morgan fingerprint density at radius 2 is 1.63 bits per heavy atom. The molecule has 1 aliphatic carbocycles. The van der Waals surface area contributed by atoms with Gasteiger partial charge in [-0.15, -0.1) is 23.5 Å². The SMILES string of the molecule is O=C(O)C(=O)O.c1ccc(CC2CCN(CC3CSC4(CCCCC4)S3)CC2)cc1. The predicted octanol–water partition coefficient (Wildman–Crippen LogP) is 4.61. The van der Waals surface area contributed by atoms with Gasteiger partial charge in [0.2, 0.25) is 0 Å². The fourth-order valence-electron chi connectivity index (χ4n) is 4.67. The smallest absolute Gasteiger partial charge is 0.414 e. The molecule has 1 saturated carbocycles. The van der Waals surface area contributed by atoms with Gasteiger partial charge >= 0.3 is 11.9 Å². The Balaban J connectivity index is 0.000000377. The normalized spacial score (nSPS) is 24.2. The number of carboxylic acids is 2. The van der Waals surface area contributed by atoms with Crippen LogP contribution in [0.4, 0.5) is 0 Å². The van der Waals surface area contributed by atoms with Gasteiger partial charge in [-0.05, 0) is 56.7 Å². The number of hydrogen-bond acceptors (Lipinski definition) is 5. The zero-order valence-corrected chi connectivity index (χ0v) is 19.1. The molecular formula is C23H33NO4S2. The van der Waals surface area contributed by atoms with Crippen molar-refractivity contribution in [3.63, 3.8) is 0 Å². The Morgan fingerprint density at radius 3 is 2.23 bits per heavy atom. The number of carbonyl (C=O) groups is 2. The molecule has 3 fully saturated rings. The summed E-state index contributed by atoms with van der Waals surface area (Å²) in [5.74, 6) is -1.35. The van der Waals surface area contributed by atoms with Gasteiger partial charge in [0.15, 0.2) is 0 Å². The van der Waals surface area contributed by atoms with Gasteiger partial charge < -0.3 is 15.1 Å². The quantitative estimate of drug-likeness (QED) is 0.648. The van der Waals surface area contributed by atoms with E-state index in [-0.39, 0.29) is 0 Å². The molecule has 2 saturated heterocycles. The number of carboxylic acid groups (broad SMARTS) is 2. The largest absolute Gasteiger partial charge is 0.473 e. The van der Waals surface area contributed by atoms with Crippen LogP contribution >= 0.6 is 23.5 Å². The van der Waals surface area contributed by atoms with E-state index >= 15 is 0 Å². The number of thioether (sulfide) groups is 2. The van der Waals surface area contributed by atoms with Gasteiger partial charge in [-0.2, -0.15) is 0 Å². The molecule has 3 aliphatic rings. The second-order valence-corrected chi connectivity index (χ2v) is 11.9. The van der Waals surface area contributed by atoms with Crippen LogP contribution in [-0.4, -0.2) is 61.8 Å². The summed E-state index contributed by atoms with van der Waals surface area (Å²) in [7, 11) is 0. The highest BCUT2D eigenvalue weighted by Gasteiger charge is 2.41. The van der Waals surface area contributed by atoms with E-state index in [4.69, 9.17) is 19.8 Å². The Labute approximate surface area is 188 Å². The van der Waals surface area contributed by atoms with Crippen molar-refractivity contribution in [2.75, 3.05) is 25.4 Å². The van der Waals surface area contributed by atoms with Crippen LogP contribution in [0.15, 0.2) is 30.3 Å². The molecule has 166 valence electrons. The summed E-state index contributed by atoms with van der Waals surface area (Å²) in [6, 6.07) is 11.1. The van der Waals surface area contributed by atoms with Crippen LogP contribution in [0.3, 0.4) is 0 Å². The van der Waals surface area contributed by atoms with E-state index in [2.05, 4.69) is 58.8 Å². The van der Waals surface area contributed by atoms with Crippen molar-refractivity contribution in [2.24, 2.45) is 5.92 Å². The number of nitrogens with zero attached hydrogens (tertiary/aromatic N) is 1. The lowest BCUT2D eigenvalue weighted by molar-refractivity contribution is -0.159. The lowest BCUT2D eigenvalue weighted by Crippen LogP contribution is -2.38. The fraction of sp³-hybridized carbons (Fsp3) is 0.652. The van der Waals surface area contributed by atoms with Crippen LogP contribution in [0.25, 0.3) is 0 Å². The summed E-state index contributed by atoms with van der Waals surface area (Å²) in [6.07, 6.45) is 11.4. The predicted molar refractivity (Wildman–Crippen MR) is 124 cm³/mol. The number of likely N-dealkylation sites (tertiary alicyclic amines) is 1. The van der Waals surface area contributed by atoms with E-state index in [1.54, 1.807) is 0 Å². The molecule has 2 heterocycles. The van der Waals surface area contributed by atoms with E-state index in [9.17, 15) is 0 Å². The highest BCUT2D eigenvalue weighted by Crippen LogP contribution is 2.55. The molecule has 0 bridgehead atoms. The van der Waals surface area contributed by atoms with Gasteiger partial charge in [-0.25, -0.2) is 9.59 Å². The third-order valence-corrected chi connectivity index (χ3v) is 10.1. The van der Waals surface area contributed by atoms with Gasteiger partial charge in [-0.1, -0.05) is 49.6 Å². The Kier molecular flexibility index (Phi) is 8.96. The van der Waals surface area contributed by atoms with Gasteiger partial charge in [-0.3, -0.25) is 0 Å². The van der Waals surface area contributed by atoms with Gasteiger partial charge in [0.05, 0.1) is 4.08 Å². The molecule has 1 aromatic carbocycles. The van der Waals surface area contributed by atoms with Crippen molar-refractivity contribution < 1.29 is 19.8 Å². The lowest BCUT2D eigenvalue weighted by Gasteiger charge is -2.35. The van der Waals surface area contributed by atoms with Gasteiger partial charge in [0, 0.05) is 17.5 Å². The number of rotatable bonds is 4. The van der Waals surface area contributed by atoms with E-state index in [0.29, 0.717) is 4.08 Å². The van der Waals surface area contributed by atoms with Crippen LogP contribution in [0.5, 0.6) is 0 Å². The maximum Gasteiger partial charge on any atom is 0.414 e. The zero-order valence-electron chi connectivity index (χ0n) is 17.5. The molecule has 1 spiro atoms. The molecule has 2 N–H and O–H groups in total. The van der Waals surface area contributed by atoms with E-state index in [1.807, 2.05) is 0 Å². The van der Waals surface area contributed by atoms with Crippen molar-refractivity contribution in [1.82, 2.24) is 4.90 Å². The van der Waals surface area contributed by atoms with Crippen molar-refractivity contribution >= 4 is 35.5 Å². The van der Waals surface area contributed by atoms with Crippen molar-refractivity contribution in [3.8, 4) is 0 Å². The fourth-order valence-corrected chi connectivity index (χ4v) is 8.62. The summed E-state index contributed by atoms with van der Waals surface area (Å²) < 4.78 is 0.620. The standard InChI is InChI=1S/C21H31NS2.C2H2O4/c1-3-7-18(8-4-1)15-19-9-13-22(14-10-19)16-20-17-23-21(24-20)11-5-2-6-12-21;3-1(4)2(5)6/h1,3-4,7-8,19-20H,2,5-6,9-17H2;(H,3,4)(H,5,6). The molecule has 0 radical (unpaired) electrons. The molecule has 7 heteroatoms. The van der Waals surface area contributed by atoms with Gasteiger partial charge in [0.1, 0.15) is 0 Å². The van der Waals surface area contributed by atoms with Crippen LogP contribution in [0, 0.1) is 5.92 Å². The molecule has 5 nitrogen and oxygen atoms in total. The average Bonchev–Trinajstić information content (AvgIpc) is 3.12. The molecular weight excluding hydrogens is 418 g/mol. The summed E-state index contributed by atoms with van der Waals surface area (Å²) >= 11 is 4.65. The van der Waals surface area contributed by atoms with Crippen molar-refractivity contribution in [1.29, 1.82) is 0 Å². The monoisotopic (exact) mass is 451 g/mol. The Bertz CT molecular complexity index is 674. The first-order valence-electron chi connectivity index (χ1n) is 11.0. The minimum atomic E-state index is -1.82. The topological polar surface area (TPSA) is 77.8 Å². The first-order valence-corrected chi connectivity index (χ1v) is 12.9. The van der Waals surface area contributed by atoms with E-state index < -0.39 is 11.9 Å².